The fourth-order valence-corrected chi connectivity index (χ4v) is 2.39. The van der Waals surface area contributed by atoms with E-state index in [1.807, 2.05) is 12.1 Å². The largest absolute Gasteiger partial charge is 0.481 e. The van der Waals surface area contributed by atoms with Crippen molar-refractivity contribution in [3.8, 4) is 0 Å². The molecule has 0 saturated heterocycles. The number of hydrogen-bond acceptors (Lipinski definition) is 2. The van der Waals surface area contributed by atoms with Crippen molar-refractivity contribution in [2.24, 2.45) is 0 Å². The summed E-state index contributed by atoms with van der Waals surface area (Å²) in [4.78, 5) is 20.7. The van der Waals surface area contributed by atoms with Crippen LogP contribution in [0.5, 0.6) is 0 Å². The van der Waals surface area contributed by atoms with E-state index in [0.717, 1.165) is 31.1 Å². The first-order valence-corrected chi connectivity index (χ1v) is 7.95. The van der Waals surface area contributed by atoms with E-state index in [4.69, 9.17) is 5.11 Å². The third-order valence-corrected chi connectivity index (χ3v) is 3.69. The van der Waals surface area contributed by atoms with Crippen LogP contribution in [-0.2, 0) is 22.4 Å². The predicted octanol–water partition coefficient (Wildman–Crippen LogP) is 4.18. The summed E-state index contributed by atoms with van der Waals surface area (Å²) in [7, 11) is 0. The molecule has 1 N–H and O–H groups in total. The molecule has 116 valence electrons. The maximum Gasteiger partial charge on any atom is 0.303 e. The van der Waals surface area contributed by atoms with Gasteiger partial charge in [-0.2, -0.15) is 0 Å². The number of carbonyl (C=O) groups is 2. The van der Waals surface area contributed by atoms with Gasteiger partial charge >= 0.3 is 5.97 Å². The van der Waals surface area contributed by atoms with Crippen LogP contribution >= 0.6 is 0 Å². The van der Waals surface area contributed by atoms with Crippen LogP contribution in [0.4, 0.5) is 0 Å². The molecule has 21 heavy (non-hydrogen) atoms. The number of benzene rings is 1. The molecule has 0 spiro atoms. The number of carbonyl (C=O) groups excluding carboxylic acids is 1. The second-order valence-corrected chi connectivity index (χ2v) is 5.54. The Hall–Kier alpha value is -1.64. The van der Waals surface area contributed by atoms with Gasteiger partial charge in [0, 0.05) is 12.8 Å². The lowest BCUT2D eigenvalue weighted by Gasteiger charge is -2.04. The third kappa shape index (κ3) is 9.01. The molecule has 0 fully saturated rings. The maximum absolute atomic E-state index is 10.5. The minimum absolute atomic E-state index is 0.198. The fraction of sp³-hybridized carbons (Fsp3) is 0.556. The minimum atomic E-state index is -0.743. The highest BCUT2D eigenvalue weighted by atomic mass is 16.4. The zero-order valence-electron chi connectivity index (χ0n) is 12.7. The Balaban J connectivity index is 2.09. The number of aryl methyl sites for hydroxylation is 2. The predicted molar refractivity (Wildman–Crippen MR) is 84.5 cm³/mol. The summed E-state index contributed by atoms with van der Waals surface area (Å²) < 4.78 is 0. The quantitative estimate of drug-likeness (QED) is 0.464. The van der Waals surface area contributed by atoms with Crippen LogP contribution in [0.25, 0.3) is 0 Å². The van der Waals surface area contributed by atoms with Gasteiger partial charge in [-0.1, -0.05) is 49.9 Å². The van der Waals surface area contributed by atoms with Gasteiger partial charge in [0.25, 0.3) is 0 Å². The summed E-state index contributed by atoms with van der Waals surface area (Å²) in [6, 6.07) is 8.30. The van der Waals surface area contributed by atoms with E-state index in [2.05, 4.69) is 12.1 Å². The first kappa shape index (κ1) is 17.4. The molecular weight excluding hydrogens is 264 g/mol. The first-order valence-electron chi connectivity index (χ1n) is 7.95. The van der Waals surface area contributed by atoms with Gasteiger partial charge in [-0.25, -0.2) is 0 Å². The van der Waals surface area contributed by atoms with Crippen molar-refractivity contribution in [3.63, 3.8) is 0 Å². The van der Waals surface area contributed by atoms with Crippen LogP contribution in [0.2, 0.25) is 0 Å². The van der Waals surface area contributed by atoms with Crippen molar-refractivity contribution in [1.82, 2.24) is 0 Å². The molecule has 1 rings (SSSR count). The van der Waals surface area contributed by atoms with Gasteiger partial charge in [0.2, 0.25) is 0 Å². The molecule has 0 atom stereocenters. The summed E-state index contributed by atoms with van der Waals surface area (Å²) in [5, 5.41) is 8.65. The number of carboxylic acids is 1. The second-order valence-electron chi connectivity index (χ2n) is 5.54. The second kappa shape index (κ2) is 11.1. The highest BCUT2D eigenvalue weighted by Gasteiger charge is 2.00. The van der Waals surface area contributed by atoms with Crippen LogP contribution in [0.15, 0.2) is 24.3 Å². The van der Waals surface area contributed by atoms with Crippen LogP contribution in [-0.4, -0.2) is 17.4 Å². The lowest BCUT2D eigenvalue weighted by molar-refractivity contribution is -0.136. The van der Waals surface area contributed by atoms with Crippen molar-refractivity contribution in [3.05, 3.63) is 35.4 Å². The molecule has 0 saturated carbocycles. The van der Waals surface area contributed by atoms with Crippen molar-refractivity contribution in [1.29, 1.82) is 0 Å². The van der Waals surface area contributed by atoms with Gasteiger partial charge in [0.05, 0.1) is 0 Å². The molecule has 0 aliphatic heterocycles. The van der Waals surface area contributed by atoms with Gasteiger partial charge in [0.15, 0.2) is 0 Å². The van der Waals surface area contributed by atoms with E-state index < -0.39 is 5.97 Å². The standard InChI is InChI=1S/C18H26O3/c19-15-7-5-3-1-2-4-6-8-16-9-11-17(12-10-16)13-14-18(20)21/h9-12,15H,1-8,13-14H2,(H,20,21). The summed E-state index contributed by atoms with van der Waals surface area (Å²) in [5.74, 6) is -0.743. The van der Waals surface area contributed by atoms with Gasteiger partial charge in [0.1, 0.15) is 6.29 Å². The van der Waals surface area contributed by atoms with Crippen molar-refractivity contribution < 1.29 is 14.7 Å². The number of rotatable bonds is 12. The van der Waals surface area contributed by atoms with E-state index in [-0.39, 0.29) is 6.42 Å². The molecule has 0 aliphatic rings. The monoisotopic (exact) mass is 290 g/mol. The van der Waals surface area contributed by atoms with Crippen LogP contribution < -0.4 is 0 Å². The smallest absolute Gasteiger partial charge is 0.303 e. The average Bonchev–Trinajstić information content (AvgIpc) is 2.49. The number of aldehydes is 1. The van der Waals surface area contributed by atoms with Gasteiger partial charge < -0.3 is 9.90 Å². The topological polar surface area (TPSA) is 54.4 Å². The molecule has 1 aromatic carbocycles. The molecular formula is C18H26O3. The molecule has 0 aliphatic carbocycles. The molecule has 0 radical (unpaired) electrons. The summed E-state index contributed by atoms with van der Waals surface area (Å²) in [6.07, 6.45) is 10.7. The van der Waals surface area contributed by atoms with E-state index >= 15 is 0 Å². The Bertz CT molecular complexity index is 409. The van der Waals surface area contributed by atoms with E-state index in [1.54, 1.807) is 0 Å². The molecule has 0 aromatic heterocycles. The third-order valence-electron chi connectivity index (χ3n) is 3.69. The highest BCUT2D eigenvalue weighted by molar-refractivity contribution is 5.67. The van der Waals surface area contributed by atoms with Crippen LogP contribution in [0, 0.1) is 0 Å². The lowest BCUT2D eigenvalue weighted by atomic mass is 10.0. The normalized spacial score (nSPS) is 10.5. The Kier molecular flexibility index (Phi) is 9.18. The van der Waals surface area contributed by atoms with Crippen molar-refractivity contribution >= 4 is 12.3 Å². The minimum Gasteiger partial charge on any atom is -0.481 e. The maximum atomic E-state index is 10.5. The molecule has 0 bridgehead atoms. The summed E-state index contributed by atoms with van der Waals surface area (Å²) >= 11 is 0. The molecule has 0 amide bonds. The first-order chi connectivity index (χ1) is 10.2. The Morgan fingerprint density at radius 2 is 1.38 bits per heavy atom. The van der Waals surface area contributed by atoms with E-state index in [1.165, 1.54) is 31.2 Å². The van der Waals surface area contributed by atoms with Crippen LogP contribution in [0.3, 0.4) is 0 Å². The lowest BCUT2D eigenvalue weighted by Crippen LogP contribution is -1.97. The van der Waals surface area contributed by atoms with E-state index in [0.29, 0.717) is 12.8 Å². The number of aliphatic carboxylic acids is 1. The Morgan fingerprint density at radius 1 is 0.857 bits per heavy atom. The molecule has 1 aromatic rings. The number of unbranched alkanes of at least 4 members (excludes halogenated alkanes) is 6. The van der Waals surface area contributed by atoms with Crippen molar-refractivity contribution in [2.75, 3.05) is 0 Å². The Morgan fingerprint density at radius 3 is 1.95 bits per heavy atom. The molecule has 3 heteroatoms. The molecule has 0 heterocycles. The summed E-state index contributed by atoms with van der Waals surface area (Å²) in [6.45, 7) is 0. The molecule has 3 nitrogen and oxygen atoms in total. The highest BCUT2D eigenvalue weighted by Crippen LogP contribution is 2.12. The zero-order valence-corrected chi connectivity index (χ0v) is 12.7. The molecule has 0 unspecified atom stereocenters. The number of carboxylic acid groups (broad SMARTS) is 1. The fourth-order valence-electron chi connectivity index (χ4n) is 2.39. The van der Waals surface area contributed by atoms with E-state index in [9.17, 15) is 9.59 Å². The van der Waals surface area contributed by atoms with Gasteiger partial charge in [-0.05, 0) is 36.8 Å². The zero-order chi connectivity index (χ0) is 15.3. The van der Waals surface area contributed by atoms with Gasteiger partial charge in [-0.3, -0.25) is 4.79 Å². The van der Waals surface area contributed by atoms with Crippen LogP contribution in [0.1, 0.15) is 62.5 Å². The van der Waals surface area contributed by atoms with Crippen molar-refractivity contribution in [2.45, 2.75) is 64.2 Å². The summed E-state index contributed by atoms with van der Waals surface area (Å²) in [5.41, 5.74) is 2.42. The van der Waals surface area contributed by atoms with Gasteiger partial charge in [-0.15, -0.1) is 0 Å². The SMILES string of the molecule is O=CCCCCCCCCc1ccc(CCC(=O)O)cc1. The number of hydrogen-bond donors (Lipinski definition) is 1. The average molecular weight is 290 g/mol. The Labute approximate surface area is 127 Å².